The van der Waals surface area contributed by atoms with Crippen LogP contribution in [0.3, 0.4) is 0 Å². The topological polar surface area (TPSA) is 78.9 Å². The summed E-state index contributed by atoms with van der Waals surface area (Å²) in [6.07, 6.45) is 60.5. The van der Waals surface area contributed by atoms with Gasteiger partial charge >= 0.3 is 17.9 Å². The summed E-state index contributed by atoms with van der Waals surface area (Å²) in [5.41, 5.74) is 0. The Kier molecular flexibility index (Phi) is 47.4. The van der Waals surface area contributed by atoms with Gasteiger partial charge in [0, 0.05) is 19.3 Å². The first kappa shape index (κ1) is 58.1. The molecule has 0 bridgehead atoms. The van der Waals surface area contributed by atoms with Crippen molar-refractivity contribution in [2.45, 2.75) is 258 Å². The molecule has 0 rings (SSSR count). The highest BCUT2D eigenvalue weighted by Gasteiger charge is 2.19. The van der Waals surface area contributed by atoms with E-state index >= 15 is 0 Å². The molecule has 61 heavy (non-hydrogen) atoms. The Hall–Kier alpha value is -2.89. The SMILES string of the molecule is CC/C=C\C/C=C\C/C=C\C/C=C\CCCCCCC(=O)OC[C@H](COC(=O)CCCCCCCCCCCCC)OC(=O)CCCCCCCCC/C=C\CCCCCC. The van der Waals surface area contributed by atoms with Crippen molar-refractivity contribution in [2.75, 3.05) is 13.2 Å². The third-order valence-electron chi connectivity index (χ3n) is 11.0. The highest BCUT2D eigenvalue weighted by molar-refractivity contribution is 5.71. The largest absolute Gasteiger partial charge is 0.462 e. The fourth-order valence-electron chi connectivity index (χ4n) is 7.13. The van der Waals surface area contributed by atoms with E-state index in [1.165, 1.54) is 116 Å². The molecule has 352 valence electrons. The standard InChI is InChI=1S/C55H96O6/c1-4-7-10-13-16-19-22-24-26-27-29-30-33-36-39-42-45-48-54(57)60-51-52(50-59-53(56)47-44-41-38-35-32-21-18-15-12-9-6-3)61-55(58)49-46-43-40-37-34-31-28-25-23-20-17-14-11-8-5-2/h7,10,16,19-20,23-24,26,29-30,52H,4-6,8-9,11-15,17-18,21-22,25,27-28,31-51H2,1-3H3/b10-7-,19-16-,23-20-,26-24-,30-29-/t52-/m0/s1. The molecule has 0 amide bonds. The number of rotatable bonds is 46. The monoisotopic (exact) mass is 853 g/mol. The second-order valence-corrected chi connectivity index (χ2v) is 17.1. The summed E-state index contributed by atoms with van der Waals surface area (Å²) in [6, 6.07) is 0. The number of esters is 3. The van der Waals surface area contributed by atoms with Gasteiger partial charge in [-0.3, -0.25) is 14.4 Å². The molecule has 0 fully saturated rings. The van der Waals surface area contributed by atoms with Gasteiger partial charge in [0.1, 0.15) is 13.2 Å². The predicted octanol–water partition coefficient (Wildman–Crippen LogP) is 16.9. The van der Waals surface area contributed by atoms with Crippen molar-refractivity contribution >= 4 is 17.9 Å². The zero-order chi connectivity index (χ0) is 44.4. The van der Waals surface area contributed by atoms with E-state index in [9.17, 15) is 14.4 Å². The molecular weight excluding hydrogens is 757 g/mol. The molecule has 0 spiro atoms. The number of carbonyl (C=O) groups is 3. The lowest BCUT2D eigenvalue weighted by Gasteiger charge is -2.18. The third kappa shape index (κ3) is 48.0. The van der Waals surface area contributed by atoms with Crippen molar-refractivity contribution in [3.63, 3.8) is 0 Å². The lowest BCUT2D eigenvalue weighted by atomic mass is 10.1. The van der Waals surface area contributed by atoms with Crippen molar-refractivity contribution in [1.29, 1.82) is 0 Å². The Bertz CT molecular complexity index is 1120. The Labute approximate surface area is 377 Å². The average molecular weight is 853 g/mol. The first-order valence-electron chi connectivity index (χ1n) is 25.8. The number of unbranched alkanes of at least 4 members (excludes halogenated alkanes) is 25. The molecular formula is C55H96O6. The molecule has 0 N–H and O–H groups in total. The maximum atomic E-state index is 12.8. The summed E-state index contributed by atoms with van der Waals surface area (Å²) in [7, 11) is 0. The van der Waals surface area contributed by atoms with Crippen LogP contribution in [0.5, 0.6) is 0 Å². The van der Waals surface area contributed by atoms with E-state index in [1.54, 1.807) is 0 Å². The zero-order valence-corrected chi connectivity index (χ0v) is 40.2. The summed E-state index contributed by atoms with van der Waals surface area (Å²) in [6.45, 7) is 6.49. The second kappa shape index (κ2) is 49.8. The highest BCUT2D eigenvalue weighted by Crippen LogP contribution is 2.15. The van der Waals surface area contributed by atoms with Crippen LogP contribution in [0.1, 0.15) is 252 Å². The van der Waals surface area contributed by atoms with Gasteiger partial charge in [-0.25, -0.2) is 0 Å². The van der Waals surface area contributed by atoms with Crippen LogP contribution in [0.2, 0.25) is 0 Å². The van der Waals surface area contributed by atoms with E-state index in [0.29, 0.717) is 19.3 Å². The van der Waals surface area contributed by atoms with Crippen LogP contribution in [0.4, 0.5) is 0 Å². The van der Waals surface area contributed by atoms with Crippen molar-refractivity contribution < 1.29 is 28.6 Å². The Morgan fingerprint density at radius 1 is 0.344 bits per heavy atom. The normalized spacial score (nSPS) is 12.5. The van der Waals surface area contributed by atoms with E-state index in [0.717, 1.165) is 96.3 Å². The van der Waals surface area contributed by atoms with Crippen LogP contribution in [0.25, 0.3) is 0 Å². The molecule has 1 atom stereocenters. The van der Waals surface area contributed by atoms with Crippen molar-refractivity contribution in [1.82, 2.24) is 0 Å². The Balaban J connectivity index is 4.40. The summed E-state index contributed by atoms with van der Waals surface area (Å²) < 4.78 is 16.8. The van der Waals surface area contributed by atoms with Gasteiger partial charge in [-0.05, 0) is 83.5 Å². The maximum absolute atomic E-state index is 12.8. The van der Waals surface area contributed by atoms with Gasteiger partial charge in [0.15, 0.2) is 6.10 Å². The third-order valence-corrected chi connectivity index (χ3v) is 11.0. The lowest BCUT2D eigenvalue weighted by Crippen LogP contribution is -2.30. The van der Waals surface area contributed by atoms with E-state index < -0.39 is 6.10 Å². The second-order valence-electron chi connectivity index (χ2n) is 17.1. The molecule has 0 heterocycles. The lowest BCUT2D eigenvalue weighted by molar-refractivity contribution is -0.167. The molecule has 6 heteroatoms. The van der Waals surface area contributed by atoms with E-state index in [4.69, 9.17) is 14.2 Å². The molecule has 0 unspecified atom stereocenters. The average Bonchev–Trinajstić information content (AvgIpc) is 3.26. The van der Waals surface area contributed by atoms with E-state index in [1.807, 2.05) is 0 Å². The van der Waals surface area contributed by atoms with Crippen LogP contribution in [0.15, 0.2) is 60.8 Å². The molecule has 0 aliphatic carbocycles. The summed E-state index contributed by atoms with van der Waals surface area (Å²) in [5.74, 6) is -0.907. The minimum atomic E-state index is -0.783. The number of carbonyl (C=O) groups excluding carboxylic acids is 3. The van der Waals surface area contributed by atoms with Crippen molar-refractivity contribution in [3.05, 3.63) is 60.8 Å². The fourth-order valence-corrected chi connectivity index (χ4v) is 7.13. The molecule has 0 aromatic heterocycles. The van der Waals surface area contributed by atoms with Gasteiger partial charge in [-0.2, -0.15) is 0 Å². The first-order valence-corrected chi connectivity index (χ1v) is 25.8. The smallest absolute Gasteiger partial charge is 0.306 e. The first-order chi connectivity index (χ1) is 30.0. The minimum Gasteiger partial charge on any atom is -0.462 e. The van der Waals surface area contributed by atoms with Gasteiger partial charge in [-0.15, -0.1) is 0 Å². The molecule has 0 saturated heterocycles. The van der Waals surface area contributed by atoms with Crippen LogP contribution >= 0.6 is 0 Å². The fraction of sp³-hybridized carbons (Fsp3) is 0.764. The number of hydrogen-bond acceptors (Lipinski definition) is 6. The Morgan fingerprint density at radius 3 is 1.03 bits per heavy atom. The predicted molar refractivity (Wildman–Crippen MR) is 261 cm³/mol. The summed E-state index contributed by atoms with van der Waals surface area (Å²) in [5, 5.41) is 0. The molecule has 0 aliphatic heterocycles. The summed E-state index contributed by atoms with van der Waals surface area (Å²) in [4.78, 5) is 37.9. The highest BCUT2D eigenvalue weighted by atomic mass is 16.6. The van der Waals surface area contributed by atoms with Gasteiger partial charge in [0.2, 0.25) is 0 Å². The van der Waals surface area contributed by atoms with Gasteiger partial charge < -0.3 is 14.2 Å². The molecule has 0 saturated carbocycles. The van der Waals surface area contributed by atoms with E-state index in [-0.39, 0.29) is 31.1 Å². The van der Waals surface area contributed by atoms with E-state index in [2.05, 4.69) is 81.5 Å². The van der Waals surface area contributed by atoms with Gasteiger partial charge in [-0.1, -0.05) is 210 Å². The number of allylic oxidation sites excluding steroid dienone is 10. The van der Waals surface area contributed by atoms with Crippen LogP contribution in [0, 0.1) is 0 Å². The molecule has 0 aromatic carbocycles. The van der Waals surface area contributed by atoms with Crippen LogP contribution in [-0.2, 0) is 28.6 Å². The number of hydrogen-bond donors (Lipinski definition) is 0. The molecule has 0 radical (unpaired) electrons. The number of ether oxygens (including phenoxy) is 3. The molecule has 0 aliphatic rings. The maximum Gasteiger partial charge on any atom is 0.306 e. The van der Waals surface area contributed by atoms with Crippen molar-refractivity contribution in [2.24, 2.45) is 0 Å². The molecule has 0 aromatic rings. The molecule has 6 nitrogen and oxygen atoms in total. The Morgan fingerprint density at radius 2 is 0.639 bits per heavy atom. The van der Waals surface area contributed by atoms with Gasteiger partial charge in [0.25, 0.3) is 0 Å². The minimum absolute atomic E-state index is 0.0821. The summed E-state index contributed by atoms with van der Waals surface area (Å²) >= 11 is 0. The van der Waals surface area contributed by atoms with Gasteiger partial charge in [0.05, 0.1) is 0 Å². The quantitative estimate of drug-likeness (QED) is 0.0263. The van der Waals surface area contributed by atoms with Crippen LogP contribution in [-0.4, -0.2) is 37.2 Å². The van der Waals surface area contributed by atoms with Crippen LogP contribution < -0.4 is 0 Å². The van der Waals surface area contributed by atoms with Crippen molar-refractivity contribution in [3.8, 4) is 0 Å². The zero-order valence-electron chi connectivity index (χ0n) is 40.2.